The van der Waals surface area contributed by atoms with Gasteiger partial charge in [-0.15, -0.1) is 0 Å². The number of carbonyl (C=O) groups is 1. The van der Waals surface area contributed by atoms with Crippen LogP contribution in [0, 0.1) is 0 Å². The van der Waals surface area contributed by atoms with E-state index in [9.17, 15) is 4.79 Å². The molecule has 1 N–H and O–H groups in total. The van der Waals surface area contributed by atoms with Crippen LogP contribution < -0.4 is 19.7 Å². The Bertz CT molecular complexity index is 674. The van der Waals surface area contributed by atoms with Gasteiger partial charge >= 0.3 is 0 Å². The number of rotatable bonds is 9. The van der Waals surface area contributed by atoms with Crippen molar-refractivity contribution in [3.8, 4) is 11.5 Å². The number of methoxy groups -OCH3 is 2. The molecule has 134 valence electrons. The molecule has 0 aliphatic rings. The maximum Gasteiger partial charge on any atom is 0.239 e. The molecule has 0 saturated heterocycles. The predicted molar refractivity (Wildman–Crippen MR) is 101 cm³/mol. The molecule has 0 fully saturated rings. The van der Waals surface area contributed by atoms with E-state index in [4.69, 9.17) is 9.47 Å². The minimum atomic E-state index is 0.0196. The lowest BCUT2D eigenvalue weighted by molar-refractivity contribution is -0.119. The average molecular weight is 342 g/mol. The fraction of sp³-hybridized carbons (Fsp3) is 0.350. The van der Waals surface area contributed by atoms with Crippen LogP contribution in [0.1, 0.15) is 12.5 Å². The number of hydrogen-bond acceptors (Lipinski definition) is 4. The van der Waals surface area contributed by atoms with Gasteiger partial charge in [0.1, 0.15) is 0 Å². The van der Waals surface area contributed by atoms with Gasteiger partial charge in [-0.1, -0.05) is 24.3 Å². The number of nitrogens with one attached hydrogen (secondary N) is 1. The van der Waals surface area contributed by atoms with E-state index in [1.165, 1.54) is 0 Å². The minimum absolute atomic E-state index is 0.0196. The summed E-state index contributed by atoms with van der Waals surface area (Å²) in [6.07, 6.45) is 0.740. The molecule has 0 aliphatic carbocycles. The quantitative estimate of drug-likeness (QED) is 0.761. The molecule has 0 unspecified atom stereocenters. The van der Waals surface area contributed by atoms with Gasteiger partial charge in [-0.3, -0.25) is 4.79 Å². The average Bonchev–Trinajstić information content (AvgIpc) is 2.66. The molecule has 2 rings (SSSR count). The van der Waals surface area contributed by atoms with Crippen LogP contribution in [0.5, 0.6) is 11.5 Å². The van der Waals surface area contributed by atoms with Crippen LogP contribution in [0.4, 0.5) is 5.69 Å². The predicted octanol–water partition coefficient (Wildman–Crippen LogP) is 2.89. The molecular formula is C20H26N2O3. The number of amides is 1. The number of anilines is 1. The lowest BCUT2D eigenvalue weighted by Gasteiger charge is -2.22. The summed E-state index contributed by atoms with van der Waals surface area (Å²) in [6, 6.07) is 15.8. The summed E-state index contributed by atoms with van der Waals surface area (Å²) >= 11 is 0. The summed E-state index contributed by atoms with van der Waals surface area (Å²) in [7, 11) is 3.23. The second-order valence-corrected chi connectivity index (χ2v) is 5.64. The summed E-state index contributed by atoms with van der Waals surface area (Å²) in [6.45, 7) is 3.77. The van der Waals surface area contributed by atoms with Crippen molar-refractivity contribution in [2.45, 2.75) is 13.3 Å². The molecule has 5 nitrogen and oxygen atoms in total. The van der Waals surface area contributed by atoms with Gasteiger partial charge in [-0.2, -0.15) is 0 Å². The second kappa shape index (κ2) is 9.57. The number of nitrogens with zero attached hydrogens (tertiary/aromatic N) is 1. The van der Waals surface area contributed by atoms with Gasteiger partial charge in [0, 0.05) is 18.8 Å². The van der Waals surface area contributed by atoms with Crippen LogP contribution >= 0.6 is 0 Å². The second-order valence-electron chi connectivity index (χ2n) is 5.64. The third-order valence-electron chi connectivity index (χ3n) is 4.02. The first-order chi connectivity index (χ1) is 12.2. The Kier molecular flexibility index (Phi) is 7.14. The molecule has 0 saturated carbocycles. The molecule has 2 aromatic rings. The van der Waals surface area contributed by atoms with E-state index in [2.05, 4.69) is 5.32 Å². The standard InChI is InChI=1S/C20H26N2O3/c1-4-22(17-8-6-5-7-9-17)15-20(23)21-13-12-16-10-11-18(24-2)19(14-16)25-3/h5-11,14H,4,12-13,15H2,1-3H3,(H,21,23). The SMILES string of the molecule is CCN(CC(=O)NCCc1ccc(OC)c(OC)c1)c1ccccc1. The Hall–Kier alpha value is -2.69. The van der Waals surface area contributed by atoms with Crippen molar-refractivity contribution in [3.63, 3.8) is 0 Å². The van der Waals surface area contributed by atoms with Crippen LogP contribution in [-0.4, -0.2) is 39.8 Å². The molecule has 0 heterocycles. The Morgan fingerprint density at radius 2 is 1.76 bits per heavy atom. The lowest BCUT2D eigenvalue weighted by Crippen LogP contribution is -2.38. The first-order valence-corrected chi connectivity index (χ1v) is 8.45. The highest BCUT2D eigenvalue weighted by atomic mass is 16.5. The van der Waals surface area contributed by atoms with Crippen molar-refractivity contribution in [1.82, 2.24) is 5.32 Å². The van der Waals surface area contributed by atoms with Crippen molar-refractivity contribution in [1.29, 1.82) is 0 Å². The van der Waals surface area contributed by atoms with Crippen molar-refractivity contribution >= 4 is 11.6 Å². The Labute approximate surface area is 149 Å². The van der Waals surface area contributed by atoms with Crippen molar-refractivity contribution in [2.75, 3.05) is 38.8 Å². The molecule has 2 aromatic carbocycles. The Balaban J connectivity index is 1.84. The highest BCUT2D eigenvalue weighted by Gasteiger charge is 2.10. The molecule has 0 atom stereocenters. The summed E-state index contributed by atoms with van der Waals surface area (Å²) in [5.74, 6) is 1.43. The molecule has 0 aliphatic heterocycles. The maximum absolute atomic E-state index is 12.2. The van der Waals surface area contributed by atoms with Gasteiger partial charge in [0.25, 0.3) is 0 Å². The van der Waals surface area contributed by atoms with Gasteiger partial charge < -0.3 is 19.7 Å². The van der Waals surface area contributed by atoms with E-state index in [-0.39, 0.29) is 5.91 Å². The molecule has 0 spiro atoms. The topological polar surface area (TPSA) is 50.8 Å². The molecule has 0 aromatic heterocycles. The number of benzene rings is 2. The van der Waals surface area contributed by atoms with Crippen LogP contribution in [0.2, 0.25) is 0 Å². The van der Waals surface area contributed by atoms with Gasteiger partial charge in [0.2, 0.25) is 5.91 Å². The number of carbonyl (C=O) groups excluding carboxylic acids is 1. The zero-order valence-electron chi connectivity index (χ0n) is 15.1. The third kappa shape index (κ3) is 5.41. The summed E-state index contributed by atoms with van der Waals surface area (Å²) < 4.78 is 10.5. The van der Waals surface area contributed by atoms with E-state index in [1.807, 2.05) is 60.4 Å². The third-order valence-corrected chi connectivity index (χ3v) is 4.02. The number of hydrogen-bond donors (Lipinski definition) is 1. The van der Waals surface area contributed by atoms with Gasteiger partial charge in [0.05, 0.1) is 20.8 Å². The van der Waals surface area contributed by atoms with Crippen molar-refractivity contribution < 1.29 is 14.3 Å². The number of ether oxygens (including phenoxy) is 2. The summed E-state index contributed by atoms with van der Waals surface area (Å²) in [5, 5.41) is 2.98. The molecule has 25 heavy (non-hydrogen) atoms. The molecular weight excluding hydrogens is 316 g/mol. The molecule has 0 radical (unpaired) electrons. The smallest absolute Gasteiger partial charge is 0.239 e. The molecule has 5 heteroatoms. The summed E-state index contributed by atoms with van der Waals surface area (Å²) in [5.41, 5.74) is 2.15. The summed E-state index contributed by atoms with van der Waals surface area (Å²) in [4.78, 5) is 14.2. The normalized spacial score (nSPS) is 10.2. The monoisotopic (exact) mass is 342 g/mol. The zero-order chi connectivity index (χ0) is 18.1. The Morgan fingerprint density at radius 1 is 1.04 bits per heavy atom. The fourth-order valence-electron chi connectivity index (χ4n) is 2.64. The van der Waals surface area contributed by atoms with Gasteiger partial charge in [-0.05, 0) is 43.2 Å². The van der Waals surface area contributed by atoms with E-state index >= 15 is 0 Å². The number of likely N-dealkylation sites (N-methyl/N-ethyl adjacent to an activating group) is 1. The van der Waals surface area contributed by atoms with Gasteiger partial charge in [-0.25, -0.2) is 0 Å². The maximum atomic E-state index is 12.2. The van der Waals surface area contributed by atoms with Crippen molar-refractivity contribution in [3.05, 3.63) is 54.1 Å². The Morgan fingerprint density at radius 3 is 2.40 bits per heavy atom. The highest BCUT2D eigenvalue weighted by Crippen LogP contribution is 2.27. The number of para-hydroxylation sites is 1. The first-order valence-electron chi connectivity index (χ1n) is 8.45. The highest BCUT2D eigenvalue weighted by molar-refractivity contribution is 5.81. The largest absolute Gasteiger partial charge is 0.493 e. The lowest BCUT2D eigenvalue weighted by atomic mass is 10.1. The zero-order valence-corrected chi connectivity index (χ0v) is 15.1. The molecule has 0 bridgehead atoms. The van der Waals surface area contributed by atoms with E-state index in [0.29, 0.717) is 24.6 Å². The van der Waals surface area contributed by atoms with E-state index in [1.54, 1.807) is 14.2 Å². The van der Waals surface area contributed by atoms with Gasteiger partial charge in [0.15, 0.2) is 11.5 Å². The van der Waals surface area contributed by atoms with Crippen LogP contribution in [0.15, 0.2) is 48.5 Å². The fourth-order valence-corrected chi connectivity index (χ4v) is 2.64. The van der Waals surface area contributed by atoms with Crippen LogP contribution in [0.3, 0.4) is 0 Å². The molecule has 1 amide bonds. The first kappa shape index (κ1) is 18.6. The minimum Gasteiger partial charge on any atom is -0.493 e. The van der Waals surface area contributed by atoms with Crippen molar-refractivity contribution in [2.24, 2.45) is 0 Å². The van der Waals surface area contributed by atoms with E-state index in [0.717, 1.165) is 24.2 Å². The van der Waals surface area contributed by atoms with E-state index < -0.39 is 0 Å². The van der Waals surface area contributed by atoms with Crippen LogP contribution in [0.25, 0.3) is 0 Å². The van der Waals surface area contributed by atoms with Crippen LogP contribution in [-0.2, 0) is 11.2 Å².